The molecule has 0 unspecified atom stereocenters. The number of aliphatic hydroxyl groups excluding tert-OH is 1. The second-order valence-corrected chi connectivity index (χ2v) is 5.68. The molecule has 0 saturated carbocycles. The van der Waals surface area contributed by atoms with Crippen LogP contribution >= 0.6 is 0 Å². The molecular formula is C20H19NO3. The van der Waals surface area contributed by atoms with Crippen LogP contribution in [0.4, 0.5) is 0 Å². The first-order valence-electron chi connectivity index (χ1n) is 7.88. The summed E-state index contributed by atoms with van der Waals surface area (Å²) in [6, 6.07) is -0.185. The van der Waals surface area contributed by atoms with Gasteiger partial charge in [-0.15, -0.1) is 0 Å². The lowest BCUT2D eigenvalue weighted by Gasteiger charge is -2.19. The van der Waals surface area contributed by atoms with Crippen LogP contribution in [0.3, 0.4) is 0 Å². The Morgan fingerprint density at radius 3 is 2.50 bits per heavy atom. The molecule has 3 N–H and O–H groups in total. The molecule has 0 radical (unpaired) electrons. The fraction of sp³-hybridized carbons (Fsp3) is 0.150. The largest absolute Gasteiger partial charge is 0.494 e. The minimum atomic E-state index is -1.04. The molecule has 122 valence electrons. The summed E-state index contributed by atoms with van der Waals surface area (Å²) in [5.74, 6) is -1.17. The van der Waals surface area contributed by atoms with E-state index in [1.165, 1.54) is 5.57 Å². The number of rotatable bonds is 3. The SMILES string of the molecule is O=C(O)C1=CCC=C/C1=C(/O)NC1C=CC(=C2C=CC=CC2)C=C1. The number of nitrogens with one attached hydrogen (secondary N) is 1. The molecule has 0 spiro atoms. The number of allylic oxidation sites excluding steroid dienone is 11. The summed E-state index contributed by atoms with van der Waals surface area (Å²) in [5, 5.41) is 22.4. The molecule has 4 nitrogen and oxygen atoms in total. The Morgan fingerprint density at radius 1 is 1.04 bits per heavy atom. The van der Waals surface area contributed by atoms with E-state index < -0.39 is 5.97 Å². The molecule has 3 aliphatic rings. The highest BCUT2D eigenvalue weighted by Gasteiger charge is 2.19. The highest BCUT2D eigenvalue weighted by molar-refractivity contribution is 5.93. The maximum Gasteiger partial charge on any atom is 0.336 e. The molecule has 0 aromatic heterocycles. The molecule has 0 fully saturated rings. The maximum atomic E-state index is 11.3. The highest BCUT2D eigenvalue weighted by atomic mass is 16.4. The number of carboxylic acid groups (broad SMARTS) is 1. The lowest BCUT2D eigenvalue weighted by atomic mass is 9.96. The van der Waals surface area contributed by atoms with Crippen molar-refractivity contribution in [3.05, 3.63) is 95.0 Å². The Bertz CT molecular complexity index is 770. The van der Waals surface area contributed by atoms with Gasteiger partial charge in [-0.25, -0.2) is 4.79 Å². The lowest BCUT2D eigenvalue weighted by Crippen LogP contribution is -2.27. The third-order valence-electron chi connectivity index (χ3n) is 4.04. The number of hydrogen-bond donors (Lipinski definition) is 3. The Labute approximate surface area is 140 Å². The molecule has 0 aromatic rings. The minimum absolute atomic E-state index is 0.119. The molecule has 0 amide bonds. The van der Waals surface area contributed by atoms with Crippen molar-refractivity contribution in [3.8, 4) is 0 Å². The zero-order valence-electron chi connectivity index (χ0n) is 13.1. The van der Waals surface area contributed by atoms with Crippen LogP contribution < -0.4 is 5.32 Å². The minimum Gasteiger partial charge on any atom is -0.494 e. The molecular weight excluding hydrogens is 302 g/mol. The van der Waals surface area contributed by atoms with Crippen LogP contribution in [0, 0.1) is 0 Å². The van der Waals surface area contributed by atoms with Gasteiger partial charge in [-0.1, -0.05) is 66.8 Å². The van der Waals surface area contributed by atoms with Gasteiger partial charge >= 0.3 is 5.97 Å². The fourth-order valence-corrected chi connectivity index (χ4v) is 2.79. The van der Waals surface area contributed by atoms with Crippen LogP contribution in [-0.4, -0.2) is 22.2 Å². The van der Waals surface area contributed by atoms with Crippen molar-refractivity contribution in [1.29, 1.82) is 0 Å². The predicted molar refractivity (Wildman–Crippen MR) is 94.3 cm³/mol. The zero-order valence-corrected chi connectivity index (χ0v) is 13.1. The summed E-state index contributed by atoms with van der Waals surface area (Å²) in [4.78, 5) is 11.3. The smallest absolute Gasteiger partial charge is 0.336 e. The van der Waals surface area contributed by atoms with Crippen molar-refractivity contribution in [2.75, 3.05) is 0 Å². The van der Waals surface area contributed by atoms with Crippen LogP contribution in [0.1, 0.15) is 12.8 Å². The van der Waals surface area contributed by atoms with E-state index in [9.17, 15) is 15.0 Å². The molecule has 3 rings (SSSR count). The molecule has 0 bridgehead atoms. The van der Waals surface area contributed by atoms with Crippen molar-refractivity contribution in [2.24, 2.45) is 0 Å². The van der Waals surface area contributed by atoms with Crippen LogP contribution in [0.2, 0.25) is 0 Å². The Hall–Kier alpha value is -3.01. The third-order valence-corrected chi connectivity index (χ3v) is 4.04. The number of aliphatic carboxylic acids is 1. The standard InChI is InChI=1S/C20H19NO3/c22-19(17-8-4-5-9-18(17)20(23)24)21-16-12-10-15(11-13-16)14-6-2-1-3-7-14/h1-4,6,8-13,16,21-22H,5,7H2,(H,23,24)/b15-14?,19-17-. The van der Waals surface area contributed by atoms with E-state index in [0.29, 0.717) is 12.0 Å². The second kappa shape index (κ2) is 7.04. The lowest BCUT2D eigenvalue weighted by molar-refractivity contribution is -0.132. The van der Waals surface area contributed by atoms with Gasteiger partial charge in [0.1, 0.15) is 0 Å². The van der Waals surface area contributed by atoms with Crippen LogP contribution in [0.15, 0.2) is 95.0 Å². The van der Waals surface area contributed by atoms with Gasteiger partial charge in [-0.2, -0.15) is 0 Å². The highest BCUT2D eigenvalue weighted by Crippen LogP contribution is 2.23. The Kier molecular flexibility index (Phi) is 4.66. The first kappa shape index (κ1) is 15.9. The van der Waals surface area contributed by atoms with E-state index in [0.717, 1.165) is 12.0 Å². The molecule has 0 saturated heterocycles. The molecule has 4 heteroatoms. The maximum absolute atomic E-state index is 11.3. The van der Waals surface area contributed by atoms with Crippen LogP contribution in [-0.2, 0) is 4.79 Å². The Morgan fingerprint density at radius 2 is 1.83 bits per heavy atom. The van der Waals surface area contributed by atoms with E-state index in [2.05, 4.69) is 17.5 Å². The number of hydrogen-bond acceptors (Lipinski definition) is 3. The van der Waals surface area contributed by atoms with Gasteiger partial charge in [0.15, 0.2) is 5.88 Å². The molecule has 0 heterocycles. The van der Waals surface area contributed by atoms with Gasteiger partial charge in [0, 0.05) is 5.57 Å². The first-order chi connectivity index (χ1) is 11.6. The van der Waals surface area contributed by atoms with Gasteiger partial charge in [0.05, 0.1) is 11.6 Å². The van der Waals surface area contributed by atoms with Gasteiger partial charge in [-0.05, 0) is 24.0 Å². The topological polar surface area (TPSA) is 69.6 Å². The summed E-state index contributed by atoms with van der Waals surface area (Å²) >= 11 is 0. The Balaban J connectivity index is 1.74. The van der Waals surface area contributed by atoms with Crippen molar-refractivity contribution in [3.63, 3.8) is 0 Å². The summed E-state index contributed by atoms with van der Waals surface area (Å²) in [7, 11) is 0. The predicted octanol–water partition coefficient (Wildman–Crippen LogP) is 3.62. The van der Waals surface area contributed by atoms with Gasteiger partial charge in [0.25, 0.3) is 0 Å². The molecule has 3 aliphatic carbocycles. The van der Waals surface area contributed by atoms with E-state index in [1.807, 2.05) is 42.5 Å². The van der Waals surface area contributed by atoms with Crippen molar-refractivity contribution in [1.82, 2.24) is 5.32 Å². The molecule has 0 atom stereocenters. The number of aliphatic hydroxyl groups is 1. The quantitative estimate of drug-likeness (QED) is 0.694. The monoisotopic (exact) mass is 321 g/mol. The van der Waals surface area contributed by atoms with Crippen LogP contribution in [0.5, 0.6) is 0 Å². The molecule has 0 aromatic carbocycles. The van der Waals surface area contributed by atoms with Gasteiger partial charge < -0.3 is 15.5 Å². The van der Waals surface area contributed by atoms with E-state index in [1.54, 1.807) is 12.2 Å². The second-order valence-electron chi connectivity index (χ2n) is 5.68. The average Bonchev–Trinajstić information content (AvgIpc) is 2.63. The zero-order chi connectivity index (χ0) is 16.9. The molecule has 0 aliphatic heterocycles. The summed E-state index contributed by atoms with van der Waals surface area (Å²) in [5.41, 5.74) is 2.81. The van der Waals surface area contributed by atoms with Crippen LogP contribution in [0.25, 0.3) is 0 Å². The van der Waals surface area contributed by atoms with Crippen molar-refractivity contribution >= 4 is 5.97 Å². The van der Waals surface area contributed by atoms with Crippen molar-refractivity contribution < 1.29 is 15.0 Å². The van der Waals surface area contributed by atoms with Gasteiger partial charge in [-0.3, -0.25) is 0 Å². The average molecular weight is 321 g/mol. The van der Waals surface area contributed by atoms with E-state index in [-0.39, 0.29) is 17.5 Å². The van der Waals surface area contributed by atoms with E-state index >= 15 is 0 Å². The first-order valence-corrected chi connectivity index (χ1v) is 7.88. The van der Waals surface area contributed by atoms with Gasteiger partial charge in [0.2, 0.25) is 0 Å². The van der Waals surface area contributed by atoms with Crippen molar-refractivity contribution in [2.45, 2.75) is 18.9 Å². The molecule has 24 heavy (non-hydrogen) atoms. The third kappa shape index (κ3) is 3.49. The summed E-state index contributed by atoms with van der Waals surface area (Å²) < 4.78 is 0. The normalized spacial score (nSPS) is 24.2. The van der Waals surface area contributed by atoms with E-state index in [4.69, 9.17) is 0 Å². The summed E-state index contributed by atoms with van der Waals surface area (Å²) in [6.45, 7) is 0. The fourth-order valence-electron chi connectivity index (χ4n) is 2.79. The number of carbonyl (C=O) groups is 1. The number of carboxylic acids is 1. The summed E-state index contributed by atoms with van der Waals surface area (Å²) in [6.07, 6.45) is 22.7.